The molecule has 0 bridgehead atoms. The van der Waals surface area contributed by atoms with Crippen LogP contribution in [0.5, 0.6) is 23.0 Å². The van der Waals surface area contributed by atoms with E-state index in [0.29, 0.717) is 30.3 Å². The molecule has 0 aliphatic carbocycles. The highest BCUT2D eigenvalue weighted by atomic mass is 16.5. The second-order valence-electron chi connectivity index (χ2n) is 8.43. The molecule has 0 amide bonds. The molecule has 37 heavy (non-hydrogen) atoms. The fourth-order valence-corrected chi connectivity index (χ4v) is 3.89. The number of fused-ring (bicyclic) bond motifs is 1. The van der Waals surface area contributed by atoms with Crippen LogP contribution in [0.1, 0.15) is 35.2 Å². The number of ketones is 1. The topological polar surface area (TPSA) is 66.9 Å². The minimum Gasteiger partial charge on any atom is -0.494 e. The molecule has 1 heterocycles. The highest BCUT2D eigenvalue weighted by Gasteiger charge is 2.06. The van der Waals surface area contributed by atoms with E-state index in [4.69, 9.17) is 18.9 Å². The van der Waals surface area contributed by atoms with Crippen LogP contribution >= 0.6 is 0 Å². The summed E-state index contributed by atoms with van der Waals surface area (Å²) in [6.07, 6.45) is 7.95. The van der Waals surface area contributed by atoms with Gasteiger partial charge in [-0.05, 0) is 79.4 Å². The molecule has 0 saturated carbocycles. The van der Waals surface area contributed by atoms with Gasteiger partial charge in [0.15, 0.2) is 17.3 Å². The second-order valence-corrected chi connectivity index (χ2v) is 8.43. The first kappa shape index (κ1) is 25.8. The smallest absolute Gasteiger partial charge is 0.185 e. The van der Waals surface area contributed by atoms with Crippen LogP contribution in [0.3, 0.4) is 0 Å². The van der Waals surface area contributed by atoms with Gasteiger partial charge in [0.25, 0.3) is 0 Å². The zero-order valence-corrected chi connectivity index (χ0v) is 21.2. The van der Waals surface area contributed by atoms with Crippen molar-refractivity contribution in [2.75, 3.05) is 27.4 Å². The maximum absolute atomic E-state index is 12.5. The minimum absolute atomic E-state index is 0.0808. The Bertz CT molecular complexity index is 1340. The number of carbonyl (C=O) groups is 1. The molecule has 0 N–H and O–H groups in total. The third-order valence-electron chi connectivity index (χ3n) is 5.88. The summed E-state index contributed by atoms with van der Waals surface area (Å²) in [5.41, 5.74) is 2.35. The van der Waals surface area contributed by atoms with Crippen molar-refractivity contribution in [2.45, 2.75) is 19.3 Å². The number of unbranched alkanes of at least 4 members (excludes halogenated alkanes) is 2. The fourth-order valence-electron chi connectivity index (χ4n) is 3.89. The summed E-state index contributed by atoms with van der Waals surface area (Å²) >= 11 is 0. The van der Waals surface area contributed by atoms with Crippen LogP contribution in [0.15, 0.2) is 85.1 Å². The molecule has 6 nitrogen and oxygen atoms in total. The second kappa shape index (κ2) is 13.1. The Hall–Kier alpha value is -4.32. The van der Waals surface area contributed by atoms with Crippen molar-refractivity contribution in [2.24, 2.45) is 0 Å². The highest BCUT2D eigenvalue weighted by molar-refractivity contribution is 6.06. The van der Waals surface area contributed by atoms with E-state index in [1.807, 2.05) is 60.7 Å². The van der Waals surface area contributed by atoms with Gasteiger partial charge >= 0.3 is 0 Å². The standard InChI is InChI=1S/C31H31NO5/c1-34-28-18-12-23(22-30(28)35-2)11-17-27(33)24-13-15-26(16-14-24)36-20-4-3-5-21-37-29-10-6-8-25-9-7-19-32-31(25)29/h6-19,22H,3-5,20-21H2,1-2H3/b17-11+. The Balaban J connectivity index is 1.17. The van der Waals surface area contributed by atoms with Crippen molar-refractivity contribution in [1.29, 1.82) is 0 Å². The van der Waals surface area contributed by atoms with Gasteiger partial charge in [0, 0.05) is 17.1 Å². The first-order valence-electron chi connectivity index (χ1n) is 12.3. The number of aromatic nitrogens is 1. The van der Waals surface area contributed by atoms with Gasteiger partial charge in [-0.1, -0.05) is 30.3 Å². The number of methoxy groups -OCH3 is 2. The highest BCUT2D eigenvalue weighted by Crippen LogP contribution is 2.28. The van der Waals surface area contributed by atoms with Crippen molar-refractivity contribution in [3.05, 3.63) is 96.2 Å². The molecule has 0 atom stereocenters. The van der Waals surface area contributed by atoms with Crippen LogP contribution < -0.4 is 18.9 Å². The van der Waals surface area contributed by atoms with Gasteiger partial charge in [-0.15, -0.1) is 0 Å². The number of benzene rings is 3. The molecule has 4 aromatic rings. The molecule has 0 saturated heterocycles. The molecule has 6 heteroatoms. The van der Waals surface area contributed by atoms with E-state index in [0.717, 1.165) is 47.2 Å². The monoisotopic (exact) mass is 497 g/mol. The average molecular weight is 498 g/mol. The molecule has 3 aromatic carbocycles. The van der Waals surface area contributed by atoms with Crippen molar-refractivity contribution >= 4 is 22.8 Å². The third kappa shape index (κ3) is 7.10. The van der Waals surface area contributed by atoms with E-state index < -0.39 is 0 Å². The lowest BCUT2D eigenvalue weighted by Crippen LogP contribution is -2.02. The number of rotatable bonds is 13. The van der Waals surface area contributed by atoms with E-state index in [-0.39, 0.29) is 5.78 Å². The number of carbonyl (C=O) groups excluding carboxylic acids is 1. The Kier molecular flexibility index (Phi) is 9.13. The Labute approximate surface area is 217 Å². The van der Waals surface area contributed by atoms with Crippen LogP contribution in [0, 0.1) is 0 Å². The van der Waals surface area contributed by atoms with Crippen LogP contribution in [-0.2, 0) is 0 Å². The summed E-state index contributed by atoms with van der Waals surface area (Å²) in [6, 6.07) is 22.7. The molecule has 190 valence electrons. The first-order valence-corrected chi connectivity index (χ1v) is 12.3. The van der Waals surface area contributed by atoms with Gasteiger partial charge < -0.3 is 18.9 Å². The predicted octanol–water partition coefficient (Wildman–Crippen LogP) is 6.78. The minimum atomic E-state index is -0.0808. The number of pyridine rings is 1. The molecule has 4 rings (SSSR count). The lowest BCUT2D eigenvalue weighted by Gasteiger charge is -2.09. The van der Waals surface area contributed by atoms with Crippen molar-refractivity contribution in [3.8, 4) is 23.0 Å². The number of para-hydroxylation sites is 1. The summed E-state index contributed by atoms with van der Waals surface area (Å²) in [5.74, 6) is 2.75. The normalized spacial score (nSPS) is 11.0. The quantitative estimate of drug-likeness (QED) is 0.115. The molecule has 0 spiro atoms. The number of ether oxygens (including phenoxy) is 4. The third-order valence-corrected chi connectivity index (χ3v) is 5.88. The molecule has 0 aliphatic rings. The number of hydrogen-bond donors (Lipinski definition) is 0. The number of allylic oxidation sites excluding steroid dienone is 1. The van der Waals surface area contributed by atoms with Crippen molar-refractivity contribution in [3.63, 3.8) is 0 Å². The maximum atomic E-state index is 12.5. The molecule has 0 fully saturated rings. The SMILES string of the molecule is COc1ccc(/C=C/C(=O)c2ccc(OCCCCCOc3cccc4cccnc34)cc2)cc1OC. The van der Waals surface area contributed by atoms with Crippen LogP contribution in [0.2, 0.25) is 0 Å². The Morgan fingerprint density at radius 1 is 0.784 bits per heavy atom. The van der Waals surface area contributed by atoms with E-state index in [2.05, 4.69) is 4.98 Å². The Morgan fingerprint density at radius 2 is 1.54 bits per heavy atom. The maximum Gasteiger partial charge on any atom is 0.185 e. The summed E-state index contributed by atoms with van der Waals surface area (Å²) < 4.78 is 22.3. The van der Waals surface area contributed by atoms with Crippen LogP contribution in [0.4, 0.5) is 0 Å². The largest absolute Gasteiger partial charge is 0.494 e. The van der Waals surface area contributed by atoms with Gasteiger partial charge in [-0.2, -0.15) is 0 Å². The Morgan fingerprint density at radius 3 is 2.32 bits per heavy atom. The molecular weight excluding hydrogens is 466 g/mol. The van der Waals surface area contributed by atoms with E-state index in [1.165, 1.54) is 0 Å². The molecule has 1 aromatic heterocycles. The van der Waals surface area contributed by atoms with Crippen molar-refractivity contribution < 1.29 is 23.7 Å². The average Bonchev–Trinajstić information content (AvgIpc) is 2.95. The predicted molar refractivity (Wildman–Crippen MR) is 146 cm³/mol. The van der Waals surface area contributed by atoms with Gasteiger partial charge in [0.2, 0.25) is 0 Å². The molecular formula is C31H31NO5. The lowest BCUT2D eigenvalue weighted by molar-refractivity contribution is 0.104. The zero-order chi connectivity index (χ0) is 25.9. The fraction of sp³-hybridized carbons (Fsp3) is 0.226. The van der Waals surface area contributed by atoms with Gasteiger partial charge in [0.1, 0.15) is 17.0 Å². The van der Waals surface area contributed by atoms with Gasteiger partial charge in [0.05, 0.1) is 27.4 Å². The van der Waals surface area contributed by atoms with Crippen LogP contribution in [0.25, 0.3) is 17.0 Å². The van der Waals surface area contributed by atoms with Gasteiger partial charge in [-0.3, -0.25) is 9.78 Å². The van der Waals surface area contributed by atoms with E-state index in [9.17, 15) is 4.79 Å². The molecule has 0 unspecified atom stereocenters. The summed E-state index contributed by atoms with van der Waals surface area (Å²) in [6.45, 7) is 1.26. The number of hydrogen-bond acceptors (Lipinski definition) is 6. The molecule has 0 radical (unpaired) electrons. The van der Waals surface area contributed by atoms with Gasteiger partial charge in [-0.25, -0.2) is 0 Å². The summed E-state index contributed by atoms with van der Waals surface area (Å²) in [4.78, 5) is 17.0. The lowest BCUT2D eigenvalue weighted by atomic mass is 10.1. The molecule has 0 aliphatic heterocycles. The zero-order valence-electron chi connectivity index (χ0n) is 21.2. The van der Waals surface area contributed by atoms with E-state index in [1.54, 1.807) is 44.7 Å². The van der Waals surface area contributed by atoms with E-state index >= 15 is 0 Å². The number of nitrogens with zero attached hydrogens (tertiary/aromatic N) is 1. The first-order chi connectivity index (χ1) is 18.2. The summed E-state index contributed by atoms with van der Waals surface area (Å²) in [5, 5.41) is 1.08. The van der Waals surface area contributed by atoms with Crippen LogP contribution in [-0.4, -0.2) is 38.2 Å². The van der Waals surface area contributed by atoms with Crippen molar-refractivity contribution in [1.82, 2.24) is 4.98 Å². The summed E-state index contributed by atoms with van der Waals surface area (Å²) in [7, 11) is 3.17.